The third kappa shape index (κ3) is 1.76. The Bertz CT molecular complexity index is 246. The van der Waals surface area contributed by atoms with E-state index in [2.05, 4.69) is 13.8 Å². The number of furan rings is 1. The summed E-state index contributed by atoms with van der Waals surface area (Å²) in [7, 11) is 0. The molecule has 0 saturated carbocycles. The number of rotatable bonds is 4. The molecule has 12 heavy (non-hydrogen) atoms. The van der Waals surface area contributed by atoms with Crippen LogP contribution in [0.2, 0.25) is 0 Å². The Balaban J connectivity index is 2.79. The van der Waals surface area contributed by atoms with Gasteiger partial charge >= 0.3 is 0 Å². The van der Waals surface area contributed by atoms with E-state index in [1.54, 1.807) is 6.07 Å². The van der Waals surface area contributed by atoms with Gasteiger partial charge in [0.25, 0.3) is 0 Å². The van der Waals surface area contributed by atoms with Crippen LogP contribution in [0.15, 0.2) is 16.5 Å². The molecule has 0 atom stereocenters. The minimum atomic E-state index is 0.428. The SMILES string of the molecule is CCC(CC)c1ccc(C=O)o1. The average molecular weight is 166 g/mol. The van der Waals surface area contributed by atoms with Crippen LogP contribution < -0.4 is 0 Å². The molecular formula is C10H14O2. The van der Waals surface area contributed by atoms with Crippen molar-refractivity contribution in [1.29, 1.82) is 0 Å². The summed E-state index contributed by atoms with van der Waals surface area (Å²) in [5.41, 5.74) is 0. The third-order valence-corrected chi connectivity index (χ3v) is 2.15. The summed E-state index contributed by atoms with van der Waals surface area (Å²) in [5.74, 6) is 1.82. The maximum Gasteiger partial charge on any atom is 0.185 e. The fourth-order valence-corrected chi connectivity index (χ4v) is 1.34. The van der Waals surface area contributed by atoms with Gasteiger partial charge in [0.1, 0.15) is 5.76 Å². The van der Waals surface area contributed by atoms with Gasteiger partial charge in [0, 0.05) is 5.92 Å². The lowest BCUT2D eigenvalue weighted by atomic mass is 10.0. The quantitative estimate of drug-likeness (QED) is 0.643. The lowest BCUT2D eigenvalue weighted by molar-refractivity contribution is 0.109. The molecule has 0 aromatic carbocycles. The summed E-state index contributed by atoms with van der Waals surface area (Å²) in [6.07, 6.45) is 2.86. The molecule has 1 aromatic heterocycles. The van der Waals surface area contributed by atoms with E-state index in [-0.39, 0.29) is 0 Å². The smallest absolute Gasteiger partial charge is 0.185 e. The largest absolute Gasteiger partial charge is 0.458 e. The number of hydrogen-bond acceptors (Lipinski definition) is 2. The molecule has 0 aliphatic rings. The predicted octanol–water partition coefficient (Wildman–Crippen LogP) is 3.00. The summed E-state index contributed by atoms with van der Waals surface area (Å²) >= 11 is 0. The van der Waals surface area contributed by atoms with Crippen LogP contribution in [0.4, 0.5) is 0 Å². The first-order chi connectivity index (χ1) is 5.81. The van der Waals surface area contributed by atoms with Crippen molar-refractivity contribution < 1.29 is 9.21 Å². The lowest BCUT2D eigenvalue weighted by Crippen LogP contribution is -1.92. The van der Waals surface area contributed by atoms with Gasteiger partial charge < -0.3 is 4.42 Å². The lowest BCUT2D eigenvalue weighted by Gasteiger charge is -2.07. The number of hydrogen-bond donors (Lipinski definition) is 0. The van der Waals surface area contributed by atoms with Gasteiger partial charge in [-0.3, -0.25) is 4.79 Å². The predicted molar refractivity (Wildman–Crippen MR) is 47.4 cm³/mol. The van der Waals surface area contributed by atoms with Gasteiger partial charge in [-0.05, 0) is 25.0 Å². The highest BCUT2D eigenvalue weighted by Crippen LogP contribution is 2.24. The van der Waals surface area contributed by atoms with Gasteiger partial charge in [-0.25, -0.2) is 0 Å². The summed E-state index contributed by atoms with van der Waals surface area (Å²) < 4.78 is 5.31. The van der Waals surface area contributed by atoms with Crippen LogP contribution >= 0.6 is 0 Å². The Labute approximate surface area is 72.6 Å². The maximum atomic E-state index is 10.3. The van der Waals surface area contributed by atoms with Crippen LogP contribution in [0.3, 0.4) is 0 Å². The minimum Gasteiger partial charge on any atom is -0.458 e. The molecule has 0 N–H and O–H groups in total. The molecule has 1 heterocycles. The van der Waals surface area contributed by atoms with E-state index in [4.69, 9.17) is 4.42 Å². The van der Waals surface area contributed by atoms with E-state index >= 15 is 0 Å². The van der Waals surface area contributed by atoms with Crippen LogP contribution in [0, 0.1) is 0 Å². The first-order valence-electron chi connectivity index (χ1n) is 4.36. The Hall–Kier alpha value is -1.05. The first kappa shape index (κ1) is 9.04. The molecule has 0 spiro atoms. The van der Waals surface area contributed by atoms with Gasteiger partial charge in [-0.1, -0.05) is 13.8 Å². The Kier molecular flexibility index (Phi) is 3.09. The van der Waals surface area contributed by atoms with Gasteiger partial charge in [-0.2, -0.15) is 0 Å². The van der Waals surface area contributed by atoms with Crippen molar-refractivity contribution >= 4 is 6.29 Å². The first-order valence-corrected chi connectivity index (χ1v) is 4.36. The van der Waals surface area contributed by atoms with Crippen LogP contribution in [0.1, 0.15) is 48.9 Å². The fourth-order valence-electron chi connectivity index (χ4n) is 1.34. The standard InChI is InChI=1S/C10H14O2/c1-3-8(4-2)10-6-5-9(7-11)12-10/h5-8H,3-4H2,1-2H3. The Morgan fingerprint density at radius 1 is 1.42 bits per heavy atom. The fraction of sp³-hybridized carbons (Fsp3) is 0.500. The third-order valence-electron chi connectivity index (χ3n) is 2.15. The molecule has 0 saturated heterocycles. The van der Waals surface area contributed by atoms with Gasteiger partial charge in [0.2, 0.25) is 0 Å². The summed E-state index contributed by atoms with van der Waals surface area (Å²) in [6, 6.07) is 3.61. The normalized spacial score (nSPS) is 10.6. The van der Waals surface area contributed by atoms with Crippen LogP contribution in [0.5, 0.6) is 0 Å². The van der Waals surface area contributed by atoms with Crippen LogP contribution in [0.25, 0.3) is 0 Å². The van der Waals surface area contributed by atoms with Crippen molar-refractivity contribution in [2.75, 3.05) is 0 Å². The molecule has 0 fully saturated rings. The summed E-state index contributed by atoms with van der Waals surface area (Å²) in [4.78, 5) is 10.3. The highest BCUT2D eigenvalue weighted by molar-refractivity contribution is 5.70. The van der Waals surface area contributed by atoms with Crippen molar-refractivity contribution in [3.63, 3.8) is 0 Å². The van der Waals surface area contributed by atoms with Crippen molar-refractivity contribution in [2.45, 2.75) is 32.6 Å². The summed E-state index contributed by atoms with van der Waals surface area (Å²) in [5, 5.41) is 0. The molecule has 1 aromatic rings. The van der Waals surface area contributed by atoms with Crippen molar-refractivity contribution in [1.82, 2.24) is 0 Å². The highest BCUT2D eigenvalue weighted by atomic mass is 16.3. The maximum absolute atomic E-state index is 10.3. The molecule has 0 aliphatic heterocycles. The van der Waals surface area contributed by atoms with E-state index in [0.717, 1.165) is 24.9 Å². The molecule has 0 radical (unpaired) electrons. The van der Waals surface area contributed by atoms with E-state index in [0.29, 0.717) is 11.7 Å². The Morgan fingerprint density at radius 2 is 2.08 bits per heavy atom. The highest BCUT2D eigenvalue weighted by Gasteiger charge is 2.10. The van der Waals surface area contributed by atoms with Crippen molar-refractivity contribution in [3.8, 4) is 0 Å². The molecule has 0 bridgehead atoms. The minimum absolute atomic E-state index is 0.428. The van der Waals surface area contributed by atoms with E-state index in [1.807, 2.05) is 6.07 Å². The summed E-state index contributed by atoms with van der Waals surface area (Å²) in [6.45, 7) is 4.24. The van der Waals surface area contributed by atoms with E-state index < -0.39 is 0 Å². The van der Waals surface area contributed by atoms with E-state index in [9.17, 15) is 4.79 Å². The topological polar surface area (TPSA) is 30.2 Å². The second kappa shape index (κ2) is 4.10. The molecule has 0 amide bonds. The molecule has 2 nitrogen and oxygen atoms in total. The van der Waals surface area contributed by atoms with E-state index in [1.165, 1.54) is 0 Å². The Morgan fingerprint density at radius 3 is 2.50 bits per heavy atom. The average Bonchev–Trinajstić information content (AvgIpc) is 2.55. The zero-order valence-corrected chi connectivity index (χ0v) is 7.54. The molecule has 1 rings (SSSR count). The van der Waals surface area contributed by atoms with Crippen molar-refractivity contribution in [3.05, 3.63) is 23.7 Å². The molecule has 0 unspecified atom stereocenters. The number of carbonyl (C=O) groups is 1. The van der Waals surface area contributed by atoms with Crippen LogP contribution in [-0.2, 0) is 0 Å². The second-order valence-corrected chi connectivity index (χ2v) is 2.87. The zero-order chi connectivity index (χ0) is 8.97. The van der Waals surface area contributed by atoms with Gasteiger partial charge in [0.15, 0.2) is 12.0 Å². The monoisotopic (exact) mass is 166 g/mol. The van der Waals surface area contributed by atoms with Gasteiger partial charge in [0.05, 0.1) is 0 Å². The van der Waals surface area contributed by atoms with Crippen LogP contribution in [-0.4, -0.2) is 6.29 Å². The second-order valence-electron chi connectivity index (χ2n) is 2.87. The zero-order valence-electron chi connectivity index (χ0n) is 7.54. The number of aldehydes is 1. The molecule has 66 valence electrons. The molecule has 0 aliphatic carbocycles. The number of carbonyl (C=O) groups excluding carboxylic acids is 1. The van der Waals surface area contributed by atoms with Crippen molar-refractivity contribution in [2.24, 2.45) is 0 Å². The molecule has 2 heteroatoms. The van der Waals surface area contributed by atoms with Gasteiger partial charge in [-0.15, -0.1) is 0 Å². The molecular weight excluding hydrogens is 152 g/mol.